The topological polar surface area (TPSA) is 75.8 Å². The van der Waals surface area contributed by atoms with Gasteiger partial charge in [-0.25, -0.2) is 13.6 Å². The predicted molar refractivity (Wildman–Crippen MR) is 73.5 cm³/mol. The summed E-state index contributed by atoms with van der Waals surface area (Å²) in [6.07, 6.45) is 1.34. The fourth-order valence-corrected chi connectivity index (χ4v) is 2.70. The highest BCUT2D eigenvalue weighted by Crippen LogP contribution is 2.30. The molecule has 1 aromatic rings. The molecule has 7 heteroatoms. The second-order valence-corrected chi connectivity index (χ2v) is 5.03. The lowest BCUT2D eigenvalue weighted by atomic mass is 9.98. The third-order valence-electron chi connectivity index (χ3n) is 3.87. The Kier molecular flexibility index (Phi) is 4.74. The van der Waals surface area contributed by atoms with Crippen LogP contribution in [-0.2, 0) is 4.74 Å². The first-order valence-electron chi connectivity index (χ1n) is 6.70. The summed E-state index contributed by atoms with van der Waals surface area (Å²) in [5.41, 5.74) is 5.08. The van der Waals surface area contributed by atoms with Gasteiger partial charge in [-0.3, -0.25) is 0 Å². The summed E-state index contributed by atoms with van der Waals surface area (Å²) in [6, 6.07) is 2.19. The number of nitrogens with two attached hydrogens (primary N) is 1. The summed E-state index contributed by atoms with van der Waals surface area (Å²) in [7, 11) is 1.61. The fraction of sp³-hybridized carbons (Fsp3) is 0.500. The summed E-state index contributed by atoms with van der Waals surface area (Å²) in [6.45, 7) is 0.755. The van der Waals surface area contributed by atoms with Crippen molar-refractivity contribution in [3.05, 3.63) is 29.3 Å². The van der Waals surface area contributed by atoms with Crippen molar-refractivity contribution in [3.8, 4) is 0 Å². The van der Waals surface area contributed by atoms with E-state index < -0.39 is 23.2 Å². The van der Waals surface area contributed by atoms with Gasteiger partial charge in [0.25, 0.3) is 0 Å². The highest BCUT2D eigenvalue weighted by Gasteiger charge is 2.31. The van der Waals surface area contributed by atoms with Crippen molar-refractivity contribution in [2.45, 2.75) is 25.0 Å². The second-order valence-electron chi connectivity index (χ2n) is 5.03. The number of halogens is 2. The van der Waals surface area contributed by atoms with Crippen LogP contribution in [0.2, 0.25) is 0 Å². The highest BCUT2D eigenvalue weighted by atomic mass is 19.2. The molecule has 0 aromatic heterocycles. The molecule has 1 fully saturated rings. The molecule has 0 amide bonds. The molecule has 1 heterocycles. The minimum absolute atomic E-state index is 0.0426. The van der Waals surface area contributed by atoms with Gasteiger partial charge in [0.2, 0.25) is 0 Å². The molecule has 0 bridgehead atoms. The zero-order chi connectivity index (χ0) is 15.6. The van der Waals surface area contributed by atoms with Crippen molar-refractivity contribution in [2.24, 2.45) is 5.73 Å². The third kappa shape index (κ3) is 2.98. The van der Waals surface area contributed by atoms with Crippen LogP contribution < -0.4 is 10.6 Å². The largest absolute Gasteiger partial charge is 0.478 e. The number of ether oxygens (including phenoxy) is 1. The van der Waals surface area contributed by atoms with Crippen LogP contribution in [0.4, 0.5) is 14.5 Å². The lowest BCUT2D eigenvalue weighted by molar-refractivity contribution is 0.0690. The quantitative estimate of drug-likeness (QED) is 0.883. The first-order valence-corrected chi connectivity index (χ1v) is 6.70. The Hall–Kier alpha value is -1.73. The van der Waals surface area contributed by atoms with Gasteiger partial charge in [-0.1, -0.05) is 0 Å². The number of benzene rings is 1. The predicted octanol–water partition coefficient (Wildman–Crippen LogP) is 1.61. The lowest BCUT2D eigenvalue weighted by Gasteiger charge is -2.40. The molecule has 0 saturated carbocycles. The SMILES string of the molecule is COC1CCN(c2ccc(C(=O)O)c(F)c2F)C(CN)C1. The average molecular weight is 300 g/mol. The van der Waals surface area contributed by atoms with Crippen molar-refractivity contribution in [1.82, 2.24) is 0 Å². The minimum Gasteiger partial charge on any atom is -0.478 e. The molecule has 1 aliphatic heterocycles. The summed E-state index contributed by atoms with van der Waals surface area (Å²) < 4.78 is 33.2. The molecule has 2 atom stereocenters. The Balaban J connectivity index is 2.33. The van der Waals surface area contributed by atoms with Gasteiger partial charge in [0.05, 0.1) is 17.4 Å². The van der Waals surface area contributed by atoms with Crippen LogP contribution in [0, 0.1) is 11.6 Å². The monoisotopic (exact) mass is 300 g/mol. The summed E-state index contributed by atoms with van der Waals surface area (Å²) in [5, 5.41) is 8.80. The zero-order valence-corrected chi connectivity index (χ0v) is 11.7. The number of rotatable bonds is 4. The summed E-state index contributed by atoms with van der Waals surface area (Å²) in [4.78, 5) is 12.5. The minimum atomic E-state index is -1.49. The molecule has 0 radical (unpaired) electrons. The average Bonchev–Trinajstić information content (AvgIpc) is 2.49. The number of anilines is 1. The Labute approximate surface area is 121 Å². The molecule has 21 heavy (non-hydrogen) atoms. The number of hydrogen-bond acceptors (Lipinski definition) is 4. The van der Waals surface area contributed by atoms with Crippen LogP contribution >= 0.6 is 0 Å². The summed E-state index contributed by atoms with van der Waals surface area (Å²) in [5.74, 6) is -3.99. The van der Waals surface area contributed by atoms with Crippen molar-refractivity contribution < 1.29 is 23.4 Å². The lowest BCUT2D eigenvalue weighted by Crippen LogP contribution is -2.49. The van der Waals surface area contributed by atoms with E-state index in [4.69, 9.17) is 15.6 Å². The number of hydrogen-bond donors (Lipinski definition) is 2. The van der Waals surface area contributed by atoms with Gasteiger partial charge in [0.1, 0.15) is 0 Å². The van der Waals surface area contributed by atoms with Crippen LogP contribution in [0.15, 0.2) is 12.1 Å². The van der Waals surface area contributed by atoms with Crippen LogP contribution in [0.25, 0.3) is 0 Å². The molecule has 2 rings (SSSR count). The maximum absolute atomic E-state index is 14.1. The number of aromatic carboxylic acids is 1. The highest BCUT2D eigenvalue weighted by molar-refractivity contribution is 5.88. The van der Waals surface area contributed by atoms with Crippen molar-refractivity contribution >= 4 is 11.7 Å². The number of piperidine rings is 1. The molecule has 1 aliphatic rings. The fourth-order valence-electron chi connectivity index (χ4n) is 2.70. The van der Waals surface area contributed by atoms with Crippen LogP contribution in [0.1, 0.15) is 23.2 Å². The van der Waals surface area contributed by atoms with Gasteiger partial charge in [-0.15, -0.1) is 0 Å². The molecule has 1 saturated heterocycles. The van der Waals surface area contributed by atoms with Crippen LogP contribution in [-0.4, -0.2) is 43.4 Å². The molecule has 3 N–H and O–H groups in total. The van der Waals surface area contributed by atoms with Gasteiger partial charge in [-0.2, -0.15) is 0 Å². The Morgan fingerprint density at radius 2 is 2.19 bits per heavy atom. The molecule has 2 unspecified atom stereocenters. The van der Waals surface area contributed by atoms with E-state index in [2.05, 4.69) is 0 Å². The zero-order valence-electron chi connectivity index (χ0n) is 11.7. The molecule has 0 spiro atoms. The number of methoxy groups -OCH3 is 1. The third-order valence-corrected chi connectivity index (χ3v) is 3.87. The number of carbonyl (C=O) groups is 1. The van der Waals surface area contributed by atoms with E-state index in [1.165, 1.54) is 6.07 Å². The van der Waals surface area contributed by atoms with E-state index in [-0.39, 0.29) is 24.4 Å². The number of carboxylic acids is 1. The first-order chi connectivity index (χ1) is 9.99. The van der Waals surface area contributed by atoms with E-state index in [0.717, 1.165) is 6.07 Å². The second kappa shape index (κ2) is 6.36. The van der Waals surface area contributed by atoms with Gasteiger partial charge >= 0.3 is 5.97 Å². The van der Waals surface area contributed by atoms with Crippen LogP contribution in [0.3, 0.4) is 0 Å². The van der Waals surface area contributed by atoms with Gasteiger partial charge in [-0.05, 0) is 25.0 Å². The molecule has 1 aromatic carbocycles. The maximum Gasteiger partial charge on any atom is 0.338 e. The van der Waals surface area contributed by atoms with E-state index in [1.54, 1.807) is 12.0 Å². The Morgan fingerprint density at radius 3 is 2.76 bits per heavy atom. The molecular weight excluding hydrogens is 282 g/mol. The normalized spacial score (nSPS) is 22.4. The smallest absolute Gasteiger partial charge is 0.338 e. The molecule has 116 valence electrons. The van der Waals surface area contributed by atoms with Crippen molar-refractivity contribution in [2.75, 3.05) is 25.1 Å². The molecule has 5 nitrogen and oxygen atoms in total. The van der Waals surface area contributed by atoms with Crippen molar-refractivity contribution in [3.63, 3.8) is 0 Å². The first kappa shape index (κ1) is 15.7. The van der Waals surface area contributed by atoms with E-state index >= 15 is 0 Å². The Bertz CT molecular complexity index is 539. The van der Waals surface area contributed by atoms with Gasteiger partial charge < -0.3 is 20.5 Å². The van der Waals surface area contributed by atoms with E-state index in [9.17, 15) is 13.6 Å². The maximum atomic E-state index is 14.1. The number of nitrogens with zero attached hydrogens (tertiary/aromatic N) is 1. The standard InChI is InChI=1S/C14H18F2N2O3/c1-21-9-4-5-18(8(6-9)7-17)11-3-2-10(14(19)20)12(15)13(11)16/h2-3,8-9H,4-7,17H2,1H3,(H,19,20). The van der Waals surface area contributed by atoms with Crippen LogP contribution in [0.5, 0.6) is 0 Å². The summed E-state index contributed by atoms with van der Waals surface area (Å²) >= 11 is 0. The van der Waals surface area contributed by atoms with Gasteiger partial charge in [0.15, 0.2) is 11.6 Å². The van der Waals surface area contributed by atoms with Crippen molar-refractivity contribution in [1.29, 1.82) is 0 Å². The molecule has 0 aliphatic carbocycles. The molecular formula is C14H18F2N2O3. The van der Waals surface area contributed by atoms with E-state index in [0.29, 0.717) is 19.4 Å². The number of carboxylic acid groups (broad SMARTS) is 1. The Morgan fingerprint density at radius 1 is 1.48 bits per heavy atom. The van der Waals surface area contributed by atoms with Gasteiger partial charge in [0, 0.05) is 26.2 Å². The van der Waals surface area contributed by atoms with E-state index in [1.807, 2.05) is 0 Å².